The zero-order valence-electron chi connectivity index (χ0n) is 63.8. The molecular formula is C84H135N3O13. The SMILES string of the molecule is C=C1CCC2[C@]3(C)CO[C@@H](C4CCCC4)O[C@@H]3CC[C@@]2(C)[C@@H]1CC=O.C=C1CCC2[C@]3(C)CO[C@@H](C4CCCC4)O[C@@H]3CC[C@@]2(C)[C@@H]1CCN1CCC[C@H]1C.C=C1CCC2[C@]3(C)CO[C@@H](C4CCCC4)O[C@@H]3CC[C@@]2(C)[C@@H]1CCN1CCC[C@H]1C.C[C@@H]1CCCN1.O=C=O.O=C=O.O=C=O. The van der Waals surface area contributed by atoms with Crippen LogP contribution in [0.15, 0.2) is 36.5 Å². The highest BCUT2D eigenvalue weighted by Gasteiger charge is 2.64. The summed E-state index contributed by atoms with van der Waals surface area (Å²) >= 11 is 0. The second-order valence-electron chi connectivity index (χ2n) is 35.9. The van der Waals surface area contributed by atoms with Gasteiger partial charge in [0, 0.05) is 58.5 Å². The fourth-order valence-electron chi connectivity index (χ4n) is 24.7. The molecule has 1 N–H and O–H groups in total. The topological polar surface area (TPSA) is 193 Å². The number of carbonyl (C=O) groups is 1. The summed E-state index contributed by atoms with van der Waals surface area (Å²) in [5.41, 5.74) is 5.64. The molecule has 15 fully saturated rings. The lowest BCUT2D eigenvalue weighted by Crippen LogP contribution is -2.62. The Morgan fingerprint density at radius 3 is 1.02 bits per heavy atom. The second-order valence-corrected chi connectivity index (χ2v) is 35.9. The molecule has 15 aliphatic rings. The van der Waals surface area contributed by atoms with E-state index in [2.05, 4.69) is 97.2 Å². The number of rotatable bonds is 11. The van der Waals surface area contributed by atoms with Crippen molar-refractivity contribution in [1.29, 1.82) is 0 Å². The van der Waals surface area contributed by atoms with Gasteiger partial charge in [-0.25, -0.2) is 0 Å². The quantitative estimate of drug-likeness (QED) is 0.151. The maximum absolute atomic E-state index is 11.3. The molecule has 0 aromatic heterocycles. The minimum absolute atomic E-state index is 0.0225. The average Bonchev–Trinajstić information content (AvgIpc) is 1.32. The Morgan fingerprint density at radius 1 is 0.430 bits per heavy atom. The number of carbonyl (C=O) groups excluding carboxylic acids is 7. The van der Waals surface area contributed by atoms with Crippen LogP contribution in [0.2, 0.25) is 0 Å². The summed E-state index contributed by atoms with van der Waals surface area (Å²) in [6, 6.07) is 2.34. The first-order valence-electron chi connectivity index (χ1n) is 40.4. The van der Waals surface area contributed by atoms with Crippen molar-refractivity contribution < 1.29 is 62.0 Å². The van der Waals surface area contributed by atoms with Crippen LogP contribution in [-0.4, -0.2) is 142 Å². The predicted octanol–water partition coefficient (Wildman–Crippen LogP) is 16.3. The van der Waals surface area contributed by atoms with Crippen molar-refractivity contribution in [1.82, 2.24) is 15.1 Å². The summed E-state index contributed by atoms with van der Waals surface area (Å²) in [6.45, 7) is 44.5. The standard InChI is InChI=1S/2C27H45NO2.C22H34O3.C5H11N.3CO2/c2*1-19-11-12-23-26(3,22(19)14-17-28-16-7-8-20(28)2)15-13-24-27(23,4)18-29-25(30-24)21-9-5-6-10-21;1-15-8-9-18-21(2,17(15)11-13-23)12-10-19-22(18,3)14-24-20(25-19)16-6-4-5-7-16;1-5-3-2-4-6-5;3*2-1-3/h2*20-25H,1,5-18H2,2-4H3;13,16-20H,1,4-12,14H2,2-3H3;5-6H,2-4H2,1H3;;;/t2*20-,22-,23?,24-,25-,26+,27+;17-,18?,19-,20-,21+,22+;5-;;;/m1111.../s1. The lowest BCUT2D eigenvalue weighted by molar-refractivity contribution is -0.316. The molecule has 0 aromatic carbocycles. The number of nitrogens with zero attached hydrogens (tertiary/aromatic N) is 2. The van der Waals surface area contributed by atoms with Crippen LogP contribution in [0.5, 0.6) is 0 Å². The first-order valence-corrected chi connectivity index (χ1v) is 40.4. The van der Waals surface area contributed by atoms with Crippen molar-refractivity contribution >= 4 is 24.7 Å². The van der Waals surface area contributed by atoms with Crippen LogP contribution < -0.4 is 5.32 Å². The Morgan fingerprint density at radius 2 is 0.750 bits per heavy atom. The van der Waals surface area contributed by atoms with Crippen molar-refractivity contribution in [2.75, 3.05) is 52.5 Å². The molecule has 21 atom stereocenters. The summed E-state index contributed by atoms with van der Waals surface area (Å²) in [4.78, 5) is 65.5. The third kappa shape index (κ3) is 17.7. The highest BCUT2D eigenvalue weighted by Crippen LogP contribution is 2.67. The molecule has 9 saturated carbocycles. The van der Waals surface area contributed by atoms with Gasteiger partial charge in [0.15, 0.2) is 18.9 Å². The van der Waals surface area contributed by atoms with Gasteiger partial charge in [-0.05, 0) is 272 Å². The normalized spacial score (nSPS) is 43.1. The third-order valence-corrected chi connectivity index (χ3v) is 30.3. The van der Waals surface area contributed by atoms with Gasteiger partial charge in [0.05, 0.1) is 38.1 Å². The molecule has 564 valence electrons. The molecule has 0 aromatic rings. The van der Waals surface area contributed by atoms with Crippen LogP contribution >= 0.6 is 0 Å². The number of aldehydes is 1. The molecule has 0 spiro atoms. The fraction of sp³-hybridized carbons (Fsp3) is 0.881. The number of ether oxygens (including phenoxy) is 6. The molecule has 6 saturated heterocycles. The molecule has 16 heteroatoms. The van der Waals surface area contributed by atoms with Crippen molar-refractivity contribution in [3.63, 3.8) is 0 Å². The molecule has 15 rings (SSSR count). The number of allylic oxidation sites excluding steroid dienone is 3. The maximum Gasteiger partial charge on any atom is 0.373 e. The van der Waals surface area contributed by atoms with Gasteiger partial charge in [-0.3, -0.25) is 0 Å². The van der Waals surface area contributed by atoms with Gasteiger partial charge in [-0.2, -0.15) is 28.8 Å². The van der Waals surface area contributed by atoms with Gasteiger partial charge in [0.1, 0.15) is 6.29 Å². The minimum Gasteiger partial charge on any atom is -0.352 e. The first-order chi connectivity index (χ1) is 48.0. The second kappa shape index (κ2) is 36.3. The Labute approximate surface area is 603 Å². The number of fused-ring (bicyclic) bond motifs is 9. The van der Waals surface area contributed by atoms with Crippen molar-refractivity contribution in [2.45, 2.75) is 330 Å². The van der Waals surface area contributed by atoms with Gasteiger partial charge >= 0.3 is 18.5 Å². The van der Waals surface area contributed by atoms with E-state index in [1.54, 1.807) is 0 Å². The van der Waals surface area contributed by atoms with E-state index >= 15 is 0 Å². The summed E-state index contributed by atoms with van der Waals surface area (Å²) in [5, 5.41) is 3.32. The smallest absolute Gasteiger partial charge is 0.352 e. The number of nitrogens with one attached hydrogen (secondary N) is 1. The van der Waals surface area contributed by atoms with Gasteiger partial charge in [0.2, 0.25) is 0 Å². The Kier molecular flexibility index (Phi) is 29.3. The van der Waals surface area contributed by atoms with E-state index in [1.165, 1.54) is 236 Å². The van der Waals surface area contributed by atoms with Crippen molar-refractivity contribution in [3.05, 3.63) is 36.5 Å². The molecule has 0 radical (unpaired) electrons. The largest absolute Gasteiger partial charge is 0.373 e. The molecule has 100 heavy (non-hydrogen) atoms. The molecule has 16 nitrogen and oxygen atoms in total. The number of hydrogen-bond acceptors (Lipinski definition) is 16. The van der Waals surface area contributed by atoms with E-state index in [0.29, 0.717) is 88.8 Å². The lowest BCUT2D eigenvalue weighted by Gasteiger charge is -2.63. The summed E-state index contributed by atoms with van der Waals surface area (Å²) in [7, 11) is 0. The summed E-state index contributed by atoms with van der Waals surface area (Å²) < 4.78 is 39.4. The van der Waals surface area contributed by atoms with E-state index in [-0.39, 0.29) is 59.0 Å². The summed E-state index contributed by atoms with van der Waals surface area (Å²) in [6.07, 6.45) is 44.8. The summed E-state index contributed by atoms with van der Waals surface area (Å²) in [5.74, 6) is 5.48. The van der Waals surface area contributed by atoms with Gasteiger partial charge < -0.3 is 48.3 Å². The Bertz CT molecular complexity index is 2620. The van der Waals surface area contributed by atoms with Gasteiger partial charge in [0.25, 0.3) is 0 Å². The predicted molar refractivity (Wildman–Crippen MR) is 384 cm³/mol. The molecule has 9 aliphatic carbocycles. The van der Waals surface area contributed by atoms with Crippen LogP contribution in [0.25, 0.3) is 0 Å². The molecule has 0 amide bonds. The Hall–Kier alpha value is -3.33. The van der Waals surface area contributed by atoms with Crippen molar-refractivity contribution in [3.8, 4) is 0 Å². The van der Waals surface area contributed by atoms with E-state index < -0.39 is 0 Å². The zero-order valence-corrected chi connectivity index (χ0v) is 63.8. The molecule has 0 bridgehead atoms. The fourth-order valence-corrected chi connectivity index (χ4v) is 24.7. The van der Waals surface area contributed by atoms with Crippen LogP contribution in [0.4, 0.5) is 0 Å². The van der Waals surface area contributed by atoms with E-state index in [4.69, 9.17) is 57.2 Å². The van der Waals surface area contributed by atoms with E-state index in [1.807, 2.05) is 0 Å². The van der Waals surface area contributed by atoms with Crippen LogP contribution in [-0.2, 0) is 62.0 Å². The maximum atomic E-state index is 11.3. The Balaban J connectivity index is 0.000000159. The minimum atomic E-state index is 0.0225. The highest BCUT2D eigenvalue weighted by molar-refractivity contribution is 5.51. The molecule has 6 aliphatic heterocycles. The van der Waals surface area contributed by atoms with E-state index in [9.17, 15) is 4.79 Å². The third-order valence-electron chi connectivity index (χ3n) is 30.3. The first kappa shape index (κ1) is 80.8. The van der Waals surface area contributed by atoms with E-state index in [0.717, 1.165) is 63.5 Å². The van der Waals surface area contributed by atoms with Gasteiger partial charge in [-0.1, -0.05) is 117 Å². The highest BCUT2D eigenvalue weighted by atomic mass is 16.7. The zero-order chi connectivity index (χ0) is 72.0. The average molecular weight is 1400 g/mol. The number of hydrogen-bond donors (Lipinski definition) is 1. The van der Waals surface area contributed by atoms with Crippen LogP contribution in [0, 0.1) is 85.8 Å². The lowest BCUT2D eigenvalue weighted by atomic mass is 9.46. The van der Waals surface area contributed by atoms with Crippen LogP contribution in [0.1, 0.15) is 274 Å². The number of likely N-dealkylation sites (tertiary alicyclic amines) is 2. The molecule has 6 heterocycles. The molecular weight excluding hydrogens is 1260 g/mol. The van der Waals surface area contributed by atoms with Gasteiger partial charge in [-0.15, -0.1) is 0 Å². The van der Waals surface area contributed by atoms with Crippen LogP contribution in [0.3, 0.4) is 0 Å². The monoisotopic (exact) mass is 1390 g/mol. The molecule has 3 unspecified atom stereocenters. The van der Waals surface area contributed by atoms with Crippen molar-refractivity contribution in [2.24, 2.45) is 85.8 Å².